The molecule has 2 N–H and O–H groups in total. The molecular weight excluding hydrogens is 212 g/mol. The Labute approximate surface area is 105 Å². The zero-order chi connectivity index (χ0) is 12.8. The second kappa shape index (κ2) is 4.10. The minimum absolute atomic E-state index is 0.00289. The van der Waals surface area contributed by atoms with E-state index in [1.165, 1.54) is 5.57 Å². The van der Waals surface area contributed by atoms with Crippen LogP contribution in [0.15, 0.2) is 12.2 Å². The molecule has 0 saturated heterocycles. The summed E-state index contributed by atoms with van der Waals surface area (Å²) in [5.41, 5.74) is 0.674. The Morgan fingerprint density at radius 3 is 2.59 bits per heavy atom. The second-order valence-electron chi connectivity index (χ2n) is 6.90. The molecule has 0 heterocycles. The quantitative estimate of drug-likeness (QED) is 0.690. The third-order valence-electron chi connectivity index (χ3n) is 5.34. The number of hydrogen-bond acceptors (Lipinski definition) is 2. The topological polar surface area (TPSA) is 40.5 Å². The highest BCUT2D eigenvalue weighted by Gasteiger charge is 2.50. The third-order valence-corrected chi connectivity index (χ3v) is 5.34. The van der Waals surface area contributed by atoms with Gasteiger partial charge in [0.05, 0.1) is 11.7 Å². The molecule has 2 unspecified atom stereocenters. The lowest BCUT2D eigenvalue weighted by Crippen LogP contribution is -2.50. The maximum atomic E-state index is 10.3. The molecule has 2 nitrogen and oxygen atoms in total. The van der Waals surface area contributed by atoms with Crippen molar-refractivity contribution in [3.8, 4) is 0 Å². The van der Waals surface area contributed by atoms with Crippen molar-refractivity contribution in [3.05, 3.63) is 12.2 Å². The molecule has 0 bridgehead atoms. The van der Waals surface area contributed by atoms with Crippen molar-refractivity contribution >= 4 is 0 Å². The Hall–Kier alpha value is -0.340. The van der Waals surface area contributed by atoms with Gasteiger partial charge in [-0.2, -0.15) is 0 Å². The van der Waals surface area contributed by atoms with Crippen molar-refractivity contribution in [2.45, 2.75) is 64.6 Å². The van der Waals surface area contributed by atoms with Crippen LogP contribution < -0.4 is 0 Å². The number of aliphatic hydroxyl groups excluding tert-OH is 1. The number of aliphatic hydroxyl groups is 2. The highest BCUT2D eigenvalue weighted by Crippen LogP contribution is 2.54. The van der Waals surface area contributed by atoms with Crippen molar-refractivity contribution in [1.82, 2.24) is 0 Å². The first kappa shape index (κ1) is 13.1. The van der Waals surface area contributed by atoms with Gasteiger partial charge in [-0.15, -0.1) is 0 Å². The molecule has 0 aromatic rings. The molecule has 0 aliphatic heterocycles. The summed E-state index contributed by atoms with van der Waals surface area (Å²) >= 11 is 0. The Bertz CT molecular complexity index is 315. The SMILES string of the molecule is C=C1CCC(O)[C@]2(C)CCC(C(C)(C)O)C[C@@H]12. The van der Waals surface area contributed by atoms with Gasteiger partial charge in [-0.25, -0.2) is 0 Å². The van der Waals surface area contributed by atoms with Gasteiger partial charge in [0.2, 0.25) is 0 Å². The monoisotopic (exact) mass is 238 g/mol. The smallest absolute Gasteiger partial charge is 0.0620 e. The normalized spacial score (nSPS) is 43.4. The molecule has 2 rings (SSSR count). The van der Waals surface area contributed by atoms with E-state index in [1.807, 2.05) is 13.8 Å². The van der Waals surface area contributed by atoms with Crippen LogP contribution in [-0.2, 0) is 0 Å². The van der Waals surface area contributed by atoms with Gasteiger partial charge in [0.1, 0.15) is 0 Å². The number of allylic oxidation sites excluding steroid dienone is 1. The molecular formula is C15H26O2. The van der Waals surface area contributed by atoms with Crippen LogP contribution in [-0.4, -0.2) is 21.9 Å². The highest BCUT2D eigenvalue weighted by molar-refractivity contribution is 5.15. The first-order valence-corrected chi connectivity index (χ1v) is 6.83. The fraction of sp³-hybridized carbons (Fsp3) is 0.867. The molecule has 0 spiro atoms. The predicted octanol–water partition coefficient (Wildman–Crippen LogP) is 2.89. The molecule has 0 aromatic carbocycles. The van der Waals surface area contributed by atoms with Crippen molar-refractivity contribution in [3.63, 3.8) is 0 Å². The van der Waals surface area contributed by atoms with Gasteiger partial charge in [0.15, 0.2) is 0 Å². The summed E-state index contributed by atoms with van der Waals surface area (Å²) < 4.78 is 0. The van der Waals surface area contributed by atoms with Gasteiger partial charge in [0, 0.05) is 5.41 Å². The van der Waals surface area contributed by atoms with Crippen molar-refractivity contribution < 1.29 is 10.2 Å². The van der Waals surface area contributed by atoms with E-state index in [0.717, 1.165) is 32.1 Å². The molecule has 17 heavy (non-hydrogen) atoms. The summed E-state index contributed by atoms with van der Waals surface area (Å²) in [5, 5.41) is 20.4. The zero-order valence-corrected chi connectivity index (χ0v) is 11.4. The standard InChI is InChI=1S/C15H26O2/c1-10-5-6-13(16)15(4)8-7-11(9-12(10)15)14(2,3)17/h11-13,16-17H,1,5-9H2,2-4H3/t11?,12-,13?,15+/m0/s1. The van der Waals surface area contributed by atoms with Gasteiger partial charge >= 0.3 is 0 Å². The van der Waals surface area contributed by atoms with Crippen LogP contribution in [0.2, 0.25) is 0 Å². The van der Waals surface area contributed by atoms with Crippen molar-refractivity contribution in [2.24, 2.45) is 17.3 Å². The van der Waals surface area contributed by atoms with E-state index in [0.29, 0.717) is 11.8 Å². The Morgan fingerprint density at radius 1 is 1.35 bits per heavy atom. The van der Waals surface area contributed by atoms with Crippen molar-refractivity contribution in [1.29, 1.82) is 0 Å². The predicted molar refractivity (Wildman–Crippen MR) is 69.6 cm³/mol. The van der Waals surface area contributed by atoms with E-state index in [4.69, 9.17) is 0 Å². The van der Waals surface area contributed by atoms with E-state index in [2.05, 4.69) is 13.5 Å². The summed E-state index contributed by atoms with van der Waals surface area (Å²) in [6.07, 6.45) is 4.61. The molecule has 0 aromatic heterocycles. The van der Waals surface area contributed by atoms with Gasteiger partial charge in [-0.3, -0.25) is 0 Å². The molecule has 2 fully saturated rings. The third kappa shape index (κ3) is 2.17. The summed E-state index contributed by atoms with van der Waals surface area (Å²) in [5.74, 6) is 0.721. The van der Waals surface area contributed by atoms with Crippen LogP contribution in [0.4, 0.5) is 0 Å². The average molecular weight is 238 g/mol. The Kier molecular flexibility index (Phi) is 3.16. The summed E-state index contributed by atoms with van der Waals surface area (Å²) in [4.78, 5) is 0. The lowest BCUT2D eigenvalue weighted by atomic mass is 9.54. The average Bonchev–Trinajstić information content (AvgIpc) is 2.22. The van der Waals surface area contributed by atoms with Gasteiger partial charge in [-0.1, -0.05) is 19.1 Å². The maximum Gasteiger partial charge on any atom is 0.0620 e. The van der Waals surface area contributed by atoms with Crippen LogP contribution >= 0.6 is 0 Å². The molecule has 0 radical (unpaired) electrons. The number of fused-ring (bicyclic) bond motifs is 1. The zero-order valence-electron chi connectivity index (χ0n) is 11.4. The van der Waals surface area contributed by atoms with Crippen LogP contribution in [0.3, 0.4) is 0 Å². The lowest BCUT2D eigenvalue weighted by molar-refractivity contribution is -0.0887. The molecule has 2 saturated carbocycles. The Morgan fingerprint density at radius 2 is 2.00 bits per heavy atom. The van der Waals surface area contributed by atoms with E-state index in [9.17, 15) is 10.2 Å². The van der Waals surface area contributed by atoms with Gasteiger partial charge in [0.25, 0.3) is 0 Å². The van der Waals surface area contributed by atoms with Crippen LogP contribution in [0.25, 0.3) is 0 Å². The van der Waals surface area contributed by atoms with E-state index in [1.54, 1.807) is 0 Å². The molecule has 0 amide bonds. The first-order valence-electron chi connectivity index (χ1n) is 6.83. The van der Waals surface area contributed by atoms with E-state index in [-0.39, 0.29) is 11.5 Å². The maximum absolute atomic E-state index is 10.3. The molecule has 2 heteroatoms. The fourth-order valence-corrected chi connectivity index (χ4v) is 3.83. The Balaban J connectivity index is 2.21. The summed E-state index contributed by atoms with van der Waals surface area (Å²) in [7, 11) is 0. The second-order valence-corrected chi connectivity index (χ2v) is 6.90. The van der Waals surface area contributed by atoms with E-state index < -0.39 is 5.60 Å². The minimum atomic E-state index is -0.607. The summed E-state index contributed by atoms with van der Waals surface area (Å²) in [6.45, 7) is 10.2. The van der Waals surface area contributed by atoms with E-state index >= 15 is 0 Å². The first-order chi connectivity index (χ1) is 7.75. The minimum Gasteiger partial charge on any atom is -0.393 e. The summed E-state index contributed by atoms with van der Waals surface area (Å²) in [6, 6.07) is 0. The van der Waals surface area contributed by atoms with Crippen LogP contribution in [0.1, 0.15) is 52.9 Å². The van der Waals surface area contributed by atoms with Gasteiger partial charge in [-0.05, 0) is 57.8 Å². The van der Waals surface area contributed by atoms with Crippen LogP contribution in [0.5, 0.6) is 0 Å². The number of hydrogen-bond donors (Lipinski definition) is 2. The van der Waals surface area contributed by atoms with Gasteiger partial charge < -0.3 is 10.2 Å². The molecule has 4 atom stereocenters. The largest absolute Gasteiger partial charge is 0.393 e. The van der Waals surface area contributed by atoms with Crippen molar-refractivity contribution in [2.75, 3.05) is 0 Å². The van der Waals surface area contributed by atoms with Crippen LogP contribution in [0, 0.1) is 17.3 Å². The fourth-order valence-electron chi connectivity index (χ4n) is 3.83. The highest BCUT2D eigenvalue weighted by atomic mass is 16.3. The number of rotatable bonds is 1. The molecule has 2 aliphatic rings. The lowest BCUT2D eigenvalue weighted by Gasteiger charge is -2.53. The molecule has 98 valence electrons. The molecule has 2 aliphatic carbocycles.